The second-order valence-electron chi connectivity index (χ2n) is 15.2. The Labute approximate surface area is 395 Å². The van der Waals surface area contributed by atoms with Crippen molar-refractivity contribution in [3.05, 3.63) is 244 Å². The molecule has 1 fully saturated rings. The van der Waals surface area contributed by atoms with Crippen LogP contribution in [0, 0.1) is 0 Å². The highest BCUT2D eigenvalue weighted by molar-refractivity contribution is 8.02. The van der Waals surface area contributed by atoms with Crippen LogP contribution in [0.4, 0.5) is 5.13 Å². The van der Waals surface area contributed by atoms with E-state index in [0.717, 1.165) is 32.7 Å². The molecular weight excluding hydrogens is 883 g/mol. The molecule has 6 aromatic carbocycles. The summed E-state index contributed by atoms with van der Waals surface area (Å²) in [4.78, 5) is 55.7. The minimum absolute atomic E-state index is 0.108. The van der Waals surface area contributed by atoms with Crippen molar-refractivity contribution < 1.29 is 24.0 Å². The van der Waals surface area contributed by atoms with Crippen molar-refractivity contribution in [3.8, 4) is 0 Å². The summed E-state index contributed by atoms with van der Waals surface area (Å²) in [5, 5.41) is 14.3. The number of thiazole rings is 1. The van der Waals surface area contributed by atoms with Crippen molar-refractivity contribution in [1.82, 2.24) is 15.2 Å². The molecular formula is C53H43N5O5S3. The number of fused-ring (bicyclic) bond motifs is 1. The number of β-lactam (4-membered cyclic amide) rings is 1. The van der Waals surface area contributed by atoms with E-state index in [0.29, 0.717) is 16.5 Å². The Hall–Kier alpha value is -7.19. The summed E-state index contributed by atoms with van der Waals surface area (Å²) in [6.07, 6.45) is 1.12. The van der Waals surface area contributed by atoms with Gasteiger partial charge in [-0.1, -0.05) is 187 Å². The number of carbonyl (C=O) groups is 3. The second kappa shape index (κ2) is 20.3. The first-order chi connectivity index (χ1) is 32.4. The number of allylic oxidation sites excluding steroid dienone is 1. The van der Waals surface area contributed by atoms with Gasteiger partial charge in [-0.15, -0.1) is 23.1 Å². The van der Waals surface area contributed by atoms with Gasteiger partial charge in [-0.05, 0) is 57.0 Å². The van der Waals surface area contributed by atoms with Gasteiger partial charge in [0.05, 0.1) is 0 Å². The zero-order valence-corrected chi connectivity index (χ0v) is 38.0. The average Bonchev–Trinajstić information content (AvgIpc) is 3.84. The summed E-state index contributed by atoms with van der Waals surface area (Å²) in [7, 11) is 1.35. The molecule has 2 atom stereocenters. The largest absolute Gasteiger partial charge is 0.448 e. The lowest BCUT2D eigenvalue weighted by atomic mass is 9.77. The van der Waals surface area contributed by atoms with Crippen molar-refractivity contribution in [2.24, 2.45) is 5.16 Å². The Bertz CT molecular complexity index is 2750. The molecule has 2 N–H and O–H groups in total. The van der Waals surface area contributed by atoms with Crippen LogP contribution in [0.5, 0.6) is 0 Å². The van der Waals surface area contributed by atoms with Crippen LogP contribution in [-0.2, 0) is 29.5 Å². The van der Waals surface area contributed by atoms with E-state index in [2.05, 4.69) is 52.2 Å². The van der Waals surface area contributed by atoms with E-state index in [1.165, 1.54) is 46.9 Å². The van der Waals surface area contributed by atoms with E-state index >= 15 is 0 Å². The Balaban J connectivity index is 0.985. The molecule has 7 aromatic rings. The van der Waals surface area contributed by atoms with Crippen molar-refractivity contribution in [2.45, 2.75) is 28.0 Å². The van der Waals surface area contributed by atoms with Crippen molar-refractivity contribution in [1.29, 1.82) is 0 Å². The van der Waals surface area contributed by atoms with Crippen LogP contribution in [-0.4, -0.2) is 57.7 Å². The van der Waals surface area contributed by atoms with Gasteiger partial charge in [0.2, 0.25) is 0 Å². The number of nitrogens with zero attached hydrogens (tertiary/aromatic N) is 3. The first-order valence-corrected chi connectivity index (χ1v) is 23.9. The highest BCUT2D eigenvalue weighted by atomic mass is 32.2. The summed E-state index contributed by atoms with van der Waals surface area (Å²) in [6.45, 7) is 0. The average molecular weight is 926 g/mol. The normalized spacial score (nSPS) is 16.1. The molecule has 13 heteroatoms. The number of anilines is 1. The van der Waals surface area contributed by atoms with Gasteiger partial charge >= 0.3 is 5.97 Å². The van der Waals surface area contributed by atoms with Crippen LogP contribution in [0.15, 0.2) is 220 Å². The number of hydrogen-bond donors (Lipinski definition) is 2. The molecule has 0 radical (unpaired) electrons. The fourth-order valence-electron chi connectivity index (χ4n) is 8.09. The molecule has 0 spiro atoms. The minimum Gasteiger partial charge on any atom is -0.448 e. The van der Waals surface area contributed by atoms with Gasteiger partial charge in [0.25, 0.3) is 11.8 Å². The van der Waals surface area contributed by atoms with Gasteiger partial charge in [0.15, 0.2) is 16.9 Å². The number of aromatic nitrogens is 1. The van der Waals surface area contributed by atoms with Crippen LogP contribution >= 0.6 is 34.9 Å². The number of esters is 1. The maximum atomic E-state index is 14.6. The van der Waals surface area contributed by atoms with Gasteiger partial charge in [-0.3, -0.25) is 14.5 Å². The number of nitrogens with one attached hydrogen (secondary N) is 2. The second-order valence-corrected chi connectivity index (χ2v) is 18.2. The SMILES string of the molecule is CO/N=C(/C(=O)NC1C(=O)N2C(C(=O)OC(c3ccccc3)c3ccccc3)=C(/C=C/Sc3ccccc3)CSC12)c1csc(NC(c2ccccc2)(c2ccccc2)c2ccccc2)n1. The molecule has 0 bridgehead atoms. The summed E-state index contributed by atoms with van der Waals surface area (Å²) in [6, 6.07) is 58.3. The van der Waals surface area contributed by atoms with Gasteiger partial charge in [0, 0.05) is 16.0 Å². The maximum Gasteiger partial charge on any atom is 0.356 e. The van der Waals surface area contributed by atoms with Gasteiger partial charge in [-0.2, -0.15) is 0 Å². The van der Waals surface area contributed by atoms with E-state index in [9.17, 15) is 14.4 Å². The van der Waals surface area contributed by atoms with Crippen molar-refractivity contribution in [3.63, 3.8) is 0 Å². The Morgan fingerprint density at radius 2 is 1.29 bits per heavy atom. The highest BCUT2D eigenvalue weighted by Crippen LogP contribution is 2.43. The standard InChI is InChI=1S/C53H43N5O5S3/c1-62-57-44(43-35-66-52(54-43)56-53(39-24-12-4-13-25-39,40-26-14-5-15-27-40)41-28-16-6-17-29-41)48(59)55-45-49(60)58-46(38(34-65-50(45)58)32-33-64-42-30-18-7-19-31-42)51(61)63-47(36-20-8-2-9-21-36)37-22-10-3-11-23-37/h2-33,35,45,47,50H,34H2,1H3,(H,54,56)(H,55,59)/b33-32+,57-44+. The molecule has 328 valence electrons. The zero-order valence-electron chi connectivity index (χ0n) is 35.6. The topological polar surface area (TPSA) is 122 Å². The molecule has 66 heavy (non-hydrogen) atoms. The molecule has 1 aromatic heterocycles. The lowest BCUT2D eigenvalue weighted by Gasteiger charge is -2.49. The molecule has 2 aliphatic rings. The fourth-order valence-corrected chi connectivity index (χ4v) is 10.9. The number of oxime groups is 1. The molecule has 3 heterocycles. The third-order valence-corrected chi connectivity index (χ3v) is 14.1. The number of ether oxygens (including phenoxy) is 1. The fraction of sp³-hybridized carbons (Fsp3) is 0.113. The lowest BCUT2D eigenvalue weighted by Crippen LogP contribution is -2.71. The third kappa shape index (κ3) is 9.18. The van der Waals surface area contributed by atoms with Gasteiger partial charge in [-0.25, -0.2) is 9.78 Å². The molecule has 2 unspecified atom stereocenters. The van der Waals surface area contributed by atoms with Crippen LogP contribution < -0.4 is 10.6 Å². The Kier molecular flexibility index (Phi) is 13.6. The first kappa shape index (κ1) is 44.0. The quantitative estimate of drug-likeness (QED) is 0.0244. The number of thioether (sulfide) groups is 2. The number of benzene rings is 6. The van der Waals surface area contributed by atoms with Crippen LogP contribution in [0.25, 0.3) is 0 Å². The van der Waals surface area contributed by atoms with Crippen LogP contribution in [0.2, 0.25) is 0 Å². The Morgan fingerprint density at radius 1 is 0.773 bits per heavy atom. The zero-order chi connectivity index (χ0) is 45.3. The van der Waals surface area contributed by atoms with Gasteiger partial charge < -0.3 is 20.2 Å². The molecule has 0 saturated carbocycles. The smallest absolute Gasteiger partial charge is 0.356 e. The predicted molar refractivity (Wildman–Crippen MR) is 263 cm³/mol. The minimum atomic E-state index is -0.978. The maximum absolute atomic E-state index is 14.6. The number of hydrogen-bond acceptors (Lipinski definition) is 11. The lowest BCUT2D eigenvalue weighted by molar-refractivity contribution is -0.154. The van der Waals surface area contributed by atoms with Crippen molar-refractivity contribution in [2.75, 3.05) is 18.2 Å². The van der Waals surface area contributed by atoms with E-state index in [4.69, 9.17) is 14.6 Å². The number of carbonyl (C=O) groups excluding carboxylic acids is 3. The van der Waals surface area contributed by atoms with Crippen molar-refractivity contribution >= 4 is 63.5 Å². The molecule has 0 aliphatic carbocycles. The van der Waals surface area contributed by atoms with E-state index in [-0.39, 0.29) is 17.1 Å². The van der Waals surface area contributed by atoms with E-state index in [1.54, 1.807) is 5.38 Å². The number of amides is 2. The molecule has 10 nitrogen and oxygen atoms in total. The highest BCUT2D eigenvalue weighted by Gasteiger charge is 2.55. The molecule has 2 amide bonds. The summed E-state index contributed by atoms with van der Waals surface area (Å²) in [5.74, 6) is -1.38. The monoisotopic (exact) mass is 925 g/mol. The van der Waals surface area contributed by atoms with E-state index in [1.807, 2.05) is 157 Å². The van der Waals surface area contributed by atoms with E-state index < -0.39 is 40.8 Å². The summed E-state index contributed by atoms with van der Waals surface area (Å²) < 4.78 is 6.35. The van der Waals surface area contributed by atoms with Crippen LogP contribution in [0.1, 0.15) is 39.6 Å². The predicted octanol–water partition coefficient (Wildman–Crippen LogP) is 10.2. The first-order valence-electron chi connectivity index (χ1n) is 21.1. The molecule has 2 aliphatic heterocycles. The Morgan fingerprint density at radius 3 is 1.82 bits per heavy atom. The number of rotatable bonds is 16. The van der Waals surface area contributed by atoms with Crippen LogP contribution in [0.3, 0.4) is 0 Å². The molecule has 9 rings (SSSR count). The third-order valence-electron chi connectivity index (χ3n) is 11.2. The summed E-state index contributed by atoms with van der Waals surface area (Å²) in [5.41, 5.74) is 4.59. The van der Waals surface area contributed by atoms with Gasteiger partial charge in [0.1, 0.15) is 35.5 Å². The summed E-state index contributed by atoms with van der Waals surface area (Å²) >= 11 is 4.27. The molecule has 1 saturated heterocycles.